The van der Waals surface area contributed by atoms with Crippen LogP contribution in [0.3, 0.4) is 0 Å². The SMILES string of the molecule is CC(c1ccccc1)N(C)C(=O)c1ccc(-n2cccc2)cc1. The van der Waals surface area contributed by atoms with Gasteiger partial charge in [-0.15, -0.1) is 0 Å². The minimum Gasteiger partial charge on any atom is -0.335 e. The van der Waals surface area contributed by atoms with Crippen molar-refractivity contribution in [3.63, 3.8) is 0 Å². The standard InChI is InChI=1S/C20H20N2O/c1-16(17-8-4-3-5-9-17)21(2)20(23)18-10-12-19(13-11-18)22-14-6-7-15-22/h3-16H,1-2H3. The second-order valence-electron chi connectivity index (χ2n) is 5.64. The van der Waals surface area contributed by atoms with Gasteiger partial charge in [0.2, 0.25) is 0 Å². The molecule has 1 aromatic heterocycles. The third-order valence-corrected chi connectivity index (χ3v) is 4.20. The molecule has 1 atom stereocenters. The lowest BCUT2D eigenvalue weighted by Gasteiger charge is -2.25. The topological polar surface area (TPSA) is 25.2 Å². The number of hydrogen-bond acceptors (Lipinski definition) is 1. The predicted octanol–water partition coefficient (Wildman–Crippen LogP) is 4.31. The molecule has 0 saturated carbocycles. The fourth-order valence-corrected chi connectivity index (χ4v) is 2.62. The molecule has 3 rings (SSSR count). The van der Waals surface area contributed by atoms with E-state index in [0.29, 0.717) is 5.56 Å². The summed E-state index contributed by atoms with van der Waals surface area (Å²) >= 11 is 0. The summed E-state index contributed by atoms with van der Waals surface area (Å²) in [7, 11) is 1.85. The van der Waals surface area contributed by atoms with E-state index in [-0.39, 0.29) is 11.9 Å². The quantitative estimate of drug-likeness (QED) is 0.705. The Hall–Kier alpha value is -2.81. The van der Waals surface area contributed by atoms with E-state index in [1.54, 1.807) is 4.90 Å². The summed E-state index contributed by atoms with van der Waals surface area (Å²) in [6.07, 6.45) is 3.97. The van der Waals surface area contributed by atoms with Gasteiger partial charge >= 0.3 is 0 Å². The smallest absolute Gasteiger partial charge is 0.254 e. The van der Waals surface area contributed by atoms with E-state index >= 15 is 0 Å². The molecule has 23 heavy (non-hydrogen) atoms. The largest absolute Gasteiger partial charge is 0.335 e. The summed E-state index contributed by atoms with van der Waals surface area (Å²) in [5.41, 5.74) is 2.88. The van der Waals surface area contributed by atoms with E-state index in [1.165, 1.54) is 0 Å². The molecule has 0 radical (unpaired) electrons. The van der Waals surface area contributed by atoms with Gasteiger partial charge in [0.15, 0.2) is 0 Å². The number of benzene rings is 2. The first-order valence-electron chi connectivity index (χ1n) is 7.72. The Bertz CT molecular complexity index is 761. The molecular formula is C20H20N2O. The van der Waals surface area contributed by atoms with Crippen LogP contribution in [0.5, 0.6) is 0 Å². The minimum absolute atomic E-state index is 0.0282. The third-order valence-electron chi connectivity index (χ3n) is 4.20. The summed E-state index contributed by atoms with van der Waals surface area (Å²) in [5.74, 6) is 0.0282. The molecule has 3 aromatic rings. The maximum absolute atomic E-state index is 12.7. The lowest BCUT2D eigenvalue weighted by molar-refractivity contribution is 0.0742. The summed E-state index contributed by atoms with van der Waals surface area (Å²) in [5, 5.41) is 0. The van der Waals surface area contributed by atoms with Crippen molar-refractivity contribution in [2.24, 2.45) is 0 Å². The van der Waals surface area contributed by atoms with Gasteiger partial charge in [0.25, 0.3) is 5.91 Å². The Morgan fingerprint density at radius 3 is 2.13 bits per heavy atom. The van der Waals surface area contributed by atoms with E-state index in [9.17, 15) is 4.79 Å². The second kappa shape index (κ2) is 6.53. The number of carbonyl (C=O) groups excluding carboxylic acids is 1. The van der Waals surface area contributed by atoms with Crippen molar-refractivity contribution >= 4 is 5.91 Å². The van der Waals surface area contributed by atoms with Crippen molar-refractivity contribution in [3.8, 4) is 5.69 Å². The Morgan fingerprint density at radius 1 is 0.913 bits per heavy atom. The Labute approximate surface area is 136 Å². The van der Waals surface area contributed by atoms with Gasteiger partial charge in [-0.25, -0.2) is 0 Å². The number of rotatable bonds is 4. The average Bonchev–Trinajstić information content (AvgIpc) is 3.15. The van der Waals surface area contributed by atoms with E-state index in [0.717, 1.165) is 11.3 Å². The normalized spacial score (nSPS) is 11.9. The van der Waals surface area contributed by atoms with E-state index in [2.05, 4.69) is 0 Å². The Morgan fingerprint density at radius 2 is 1.52 bits per heavy atom. The lowest BCUT2D eigenvalue weighted by atomic mass is 10.1. The molecular weight excluding hydrogens is 284 g/mol. The van der Waals surface area contributed by atoms with E-state index < -0.39 is 0 Å². The molecule has 0 aliphatic heterocycles. The fraction of sp³-hybridized carbons (Fsp3) is 0.150. The first-order chi connectivity index (χ1) is 11.2. The number of amides is 1. The number of carbonyl (C=O) groups is 1. The molecule has 1 unspecified atom stereocenters. The van der Waals surface area contributed by atoms with Crippen LogP contribution in [-0.2, 0) is 0 Å². The monoisotopic (exact) mass is 304 g/mol. The molecule has 3 heteroatoms. The van der Waals surface area contributed by atoms with Gasteiger partial charge < -0.3 is 9.47 Å². The van der Waals surface area contributed by atoms with E-state index in [1.807, 2.05) is 97.7 Å². The fourth-order valence-electron chi connectivity index (χ4n) is 2.62. The molecule has 0 bridgehead atoms. The van der Waals surface area contributed by atoms with Crippen LogP contribution in [0.2, 0.25) is 0 Å². The van der Waals surface area contributed by atoms with Crippen LogP contribution in [0.4, 0.5) is 0 Å². The average molecular weight is 304 g/mol. The molecule has 0 N–H and O–H groups in total. The van der Waals surface area contributed by atoms with Crippen LogP contribution in [0.25, 0.3) is 5.69 Å². The van der Waals surface area contributed by atoms with Gasteiger partial charge in [0, 0.05) is 30.7 Å². The maximum Gasteiger partial charge on any atom is 0.254 e. The molecule has 1 amide bonds. The van der Waals surface area contributed by atoms with Crippen LogP contribution in [0.1, 0.15) is 28.9 Å². The molecule has 3 nitrogen and oxygen atoms in total. The molecule has 1 heterocycles. The van der Waals surface area contributed by atoms with Crippen molar-refractivity contribution in [2.75, 3.05) is 7.05 Å². The highest BCUT2D eigenvalue weighted by Crippen LogP contribution is 2.21. The Balaban J connectivity index is 1.77. The first-order valence-corrected chi connectivity index (χ1v) is 7.72. The maximum atomic E-state index is 12.7. The van der Waals surface area contributed by atoms with Gasteiger partial charge in [-0.2, -0.15) is 0 Å². The third kappa shape index (κ3) is 3.19. The molecule has 116 valence electrons. The summed E-state index contributed by atoms with van der Waals surface area (Å²) < 4.78 is 2.02. The second-order valence-corrected chi connectivity index (χ2v) is 5.64. The van der Waals surface area contributed by atoms with E-state index in [4.69, 9.17) is 0 Å². The van der Waals surface area contributed by atoms with Crippen LogP contribution in [-0.4, -0.2) is 22.4 Å². The minimum atomic E-state index is 0.0282. The molecule has 0 saturated heterocycles. The zero-order valence-electron chi connectivity index (χ0n) is 13.4. The van der Waals surface area contributed by atoms with Crippen molar-refractivity contribution < 1.29 is 4.79 Å². The zero-order chi connectivity index (χ0) is 16.2. The molecule has 0 aliphatic carbocycles. The number of nitrogens with zero attached hydrogens (tertiary/aromatic N) is 2. The van der Waals surface area contributed by atoms with Gasteiger partial charge in [-0.3, -0.25) is 4.79 Å². The van der Waals surface area contributed by atoms with Crippen molar-refractivity contribution in [1.82, 2.24) is 9.47 Å². The molecule has 0 spiro atoms. The zero-order valence-corrected chi connectivity index (χ0v) is 13.4. The molecule has 0 aliphatic rings. The number of hydrogen-bond donors (Lipinski definition) is 0. The van der Waals surface area contributed by atoms with Crippen molar-refractivity contribution in [1.29, 1.82) is 0 Å². The predicted molar refractivity (Wildman–Crippen MR) is 92.7 cm³/mol. The number of aromatic nitrogens is 1. The van der Waals surface area contributed by atoms with Crippen LogP contribution >= 0.6 is 0 Å². The van der Waals surface area contributed by atoms with Gasteiger partial charge in [0.1, 0.15) is 0 Å². The highest BCUT2D eigenvalue weighted by atomic mass is 16.2. The highest BCUT2D eigenvalue weighted by Gasteiger charge is 2.18. The molecule has 0 fully saturated rings. The van der Waals surface area contributed by atoms with Crippen molar-refractivity contribution in [2.45, 2.75) is 13.0 Å². The van der Waals surface area contributed by atoms with Gasteiger partial charge in [-0.1, -0.05) is 30.3 Å². The molecule has 2 aromatic carbocycles. The lowest BCUT2D eigenvalue weighted by Crippen LogP contribution is -2.29. The summed E-state index contributed by atoms with van der Waals surface area (Å²) in [6, 6.07) is 21.8. The summed E-state index contributed by atoms with van der Waals surface area (Å²) in [6.45, 7) is 2.04. The Kier molecular flexibility index (Phi) is 4.29. The highest BCUT2D eigenvalue weighted by molar-refractivity contribution is 5.94. The van der Waals surface area contributed by atoms with Crippen molar-refractivity contribution in [3.05, 3.63) is 90.3 Å². The first kappa shape index (κ1) is 15.1. The van der Waals surface area contributed by atoms with Crippen LogP contribution < -0.4 is 0 Å². The van der Waals surface area contributed by atoms with Gasteiger partial charge in [-0.05, 0) is 48.9 Å². The van der Waals surface area contributed by atoms with Crippen LogP contribution in [0.15, 0.2) is 79.1 Å². The van der Waals surface area contributed by atoms with Gasteiger partial charge in [0.05, 0.1) is 6.04 Å². The summed E-state index contributed by atoms with van der Waals surface area (Å²) in [4.78, 5) is 14.5. The van der Waals surface area contributed by atoms with Crippen LogP contribution in [0, 0.1) is 0 Å².